The first-order valence-corrected chi connectivity index (χ1v) is 13.1. The number of anilines is 1. The van der Waals surface area contributed by atoms with E-state index in [4.69, 9.17) is 20.2 Å². The Morgan fingerprint density at radius 3 is 2.56 bits per heavy atom. The highest BCUT2D eigenvalue weighted by Crippen LogP contribution is 2.30. The molecule has 4 aromatic rings. The summed E-state index contributed by atoms with van der Waals surface area (Å²) in [6, 6.07) is 4.01. The van der Waals surface area contributed by atoms with E-state index < -0.39 is 23.6 Å². The van der Waals surface area contributed by atoms with Gasteiger partial charge in [0.2, 0.25) is 5.95 Å². The minimum absolute atomic E-state index is 0.0928. The van der Waals surface area contributed by atoms with Gasteiger partial charge in [0.25, 0.3) is 5.91 Å². The molecule has 3 heterocycles. The number of alkyl carbamates (subject to hydrolysis) is 1. The van der Waals surface area contributed by atoms with Crippen LogP contribution in [0.4, 0.5) is 15.1 Å². The molecule has 0 saturated carbocycles. The van der Waals surface area contributed by atoms with Gasteiger partial charge in [-0.25, -0.2) is 19.2 Å². The Labute approximate surface area is 237 Å². The molecule has 0 fully saturated rings. The van der Waals surface area contributed by atoms with Crippen molar-refractivity contribution in [1.82, 2.24) is 29.5 Å². The minimum atomic E-state index is -0.666. The molecule has 4 N–H and O–H groups in total. The molecule has 13 heteroatoms. The quantitative estimate of drug-likeness (QED) is 0.274. The monoisotopic (exact) mass is 566 g/mol. The van der Waals surface area contributed by atoms with Crippen LogP contribution in [-0.2, 0) is 24.8 Å². The van der Waals surface area contributed by atoms with Gasteiger partial charge in [-0.3, -0.25) is 13.9 Å². The number of halogens is 1. The number of benzene rings is 1. The Bertz CT molecular complexity index is 1600. The standard InChI is InChI=1S/C28H35FN8O4/c1-8-16-17(19(29)9-10-23(16)40-7)12-31-26-32-13-18(22-11-20(24(30)38)35-36(22)6)25-34-21(14-37(25)26)15(2)33-27(39)41-28(3,4)5/h9-11,13-15H,8,12H2,1-7H3,(H2,30,38)(H,31,32)(H,33,39). The number of ether oxygens (including phenoxy) is 2. The number of primary amides is 1. The van der Waals surface area contributed by atoms with Gasteiger partial charge < -0.3 is 25.8 Å². The van der Waals surface area contributed by atoms with Crippen LogP contribution in [0.15, 0.2) is 30.6 Å². The fraction of sp³-hybridized carbons (Fsp3) is 0.393. The lowest BCUT2D eigenvalue weighted by molar-refractivity contribution is 0.0507. The molecule has 0 aliphatic rings. The van der Waals surface area contributed by atoms with E-state index in [-0.39, 0.29) is 18.1 Å². The molecule has 12 nitrogen and oxygen atoms in total. The molecule has 1 aromatic carbocycles. The minimum Gasteiger partial charge on any atom is -0.496 e. The molecule has 3 aromatic heterocycles. The highest BCUT2D eigenvalue weighted by molar-refractivity contribution is 5.92. The summed E-state index contributed by atoms with van der Waals surface area (Å²) in [4.78, 5) is 33.6. The van der Waals surface area contributed by atoms with Crippen LogP contribution in [0.3, 0.4) is 0 Å². The molecular weight excluding hydrogens is 531 g/mol. The number of carbonyl (C=O) groups is 2. The highest BCUT2D eigenvalue weighted by Gasteiger charge is 2.23. The fourth-order valence-electron chi connectivity index (χ4n) is 4.49. The Morgan fingerprint density at radius 2 is 1.95 bits per heavy atom. The number of rotatable bonds is 9. The third-order valence-corrected chi connectivity index (χ3v) is 6.42. The number of nitrogens with zero attached hydrogens (tertiary/aromatic N) is 5. The maximum absolute atomic E-state index is 14.9. The molecule has 0 spiro atoms. The van der Waals surface area contributed by atoms with Gasteiger partial charge in [-0.1, -0.05) is 6.92 Å². The van der Waals surface area contributed by atoms with Crippen molar-refractivity contribution in [3.63, 3.8) is 0 Å². The smallest absolute Gasteiger partial charge is 0.408 e. The summed E-state index contributed by atoms with van der Waals surface area (Å²) in [5.74, 6) is -0.0418. The van der Waals surface area contributed by atoms with E-state index >= 15 is 0 Å². The van der Waals surface area contributed by atoms with Gasteiger partial charge in [0.1, 0.15) is 17.2 Å². The van der Waals surface area contributed by atoms with Crippen molar-refractivity contribution in [3.05, 3.63) is 58.9 Å². The molecule has 0 aliphatic heterocycles. The zero-order chi connectivity index (χ0) is 30.1. The molecule has 4 rings (SSSR count). The molecule has 0 bridgehead atoms. The largest absolute Gasteiger partial charge is 0.496 e. The molecule has 0 aliphatic carbocycles. The summed E-state index contributed by atoms with van der Waals surface area (Å²) < 4.78 is 28.9. The van der Waals surface area contributed by atoms with Crippen molar-refractivity contribution in [2.75, 3.05) is 12.4 Å². The lowest BCUT2D eigenvalue weighted by atomic mass is 10.0. The van der Waals surface area contributed by atoms with Crippen LogP contribution in [0.2, 0.25) is 0 Å². The van der Waals surface area contributed by atoms with Crippen LogP contribution in [0.1, 0.15) is 68.0 Å². The van der Waals surface area contributed by atoms with E-state index in [1.54, 1.807) is 70.8 Å². The Balaban J connectivity index is 1.77. The van der Waals surface area contributed by atoms with E-state index in [0.29, 0.717) is 46.3 Å². The number of nitrogens with one attached hydrogen (secondary N) is 2. The van der Waals surface area contributed by atoms with E-state index in [2.05, 4.69) is 20.7 Å². The van der Waals surface area contributed by atoms with Crippen molar-refractivity contribution in [3.8, 4) is 17.0 Å². The second-order valence-electron chi connectivity index (χ2n) is 10.5. The van der Waals surface area contributed by atoms with Gasteiger partial charge in [-0.05, 0) is 52.3 Å². The van der Waals surface area contributed by atoms with Crippen LogP contribution >= 0.6 is 0 Å². The number of amides is 2. The number of imidazole rings is 1. The summed E-state index contributed by atoms with van der Waals surface area (Å²) in [6.07, 6.45) is 3.30. The number of fused-ring (bicyclic) bond motifs is 1. The number of hydrogen-bond acceptors (Lipinski definition) is 8. The topological polar surface area (TPSA) is 151 Å². The predicted octanol–water partition coefficient (Wildman–Crippen LogP) is 4.14. The first-order chi connectivity index (χ1) is 19.3. The van der Waals surface area contributed by atoms with Crippen LogP contribution < -0.4 is 21.1 Å². The van der Waals surface area contributed by atoms with Crippen molar-refractivity contribution < 1.29 is 23.5 Å². The van der Waals surface area contributed by atoms with Crippen LogP contribution in [0.5, 0.6) is 5.75 Å². The predicted molar refractivity (Wildman–Crippen MR) is 151 cm³/mol. The van der Waals surface area contributed by atoms with Gasteiger partial charge in [0, 0.05) is 37.1 Å². The van der Waals surface area contributed by atoms with E-state index in [1.165, 1.54) is 10.7 Å². The SMILES string of the molecule is CCc1c(OC)ccc(F)c1CNc1ncc(-c2cc(C(N)=O)nn2C)c2nc(C(C)NC(=O)OC(C)(C)C)cn12. The fourth-order valence-corrected chi connectivity index (χ4v) is 4.49. The molecule has 2 amide bonds. The van der Waals surface area contributed by atoms with Crippen molar-refractivity contribution in [1.29, 1.82) is 0 Å². The number of methoxy groups -OCH3 is 1. The van der Waals surface area contributed by atoms with Gasteiger partial charge in [0.05, 0.1) is 30.1 Å². The summed E-state index contributed by atoms with van der Waals surface area (Å²) in [7, 11) is 3.23. The summed E-state index contributed by atoms with van der Waals surface area (Å²) in [5, 5.41) is 10.2. The van der Waals surface area contributed by atoms with Crippen LogP contribution in [0.25, 0.3) is 16.9 Å². The molecule has 1 atom stereocenters. The highest BCUT2D eigenvalue weighted by atomic mass is 19.1. The number of aryl methyl sites for hydroxylation is 1. The van der Waals surface area contributed by atoms with Crippen LogP contribution in [-0.4, -0.2) is 48.9 Å². The lowest BCUT2D eigenvalue weighted by Gasteiger charge is -2.21. The average Bonchev–Trinajstić information content (AvgIpc) is 3.51. The summed E-state index contributed by atoms with van der Waals surface area (Å²) in [5.41, 5.74) is 8.20. The summed E-state index contributed by atoms with van der Waals surface area (Å²) in [6.45, 7) is 9.18. The molecule has 41 heavy (non-hydrogen) atoms. The molecule has 218 valence electrons. The number of aromatic nitrogens is 5. The lowest BCUT2D eigenvalue weighted by Crippen LogP contribution is -2.34. The molecule has 0 saturated heterocycles. The normalized spacial score (nSPS) is 12.3. The first-order valence-electron chi connectivity index (χ1n) is 13.1. The molecule has 1 unspecified atom stereocenters. The zero-order valence-electron chi connectivity index (χ0n) is 24.2. The van der Waals surface area contributed by atoms with Crippen LogP contribution in [0, 0.1) is 5.82 Å². The van der Waals surface area contributed by atoms with Gasteiger partial charge >= 0.3 is 6.09 Å². The third kappa shape index (κ3) is 6.23. The number of nitrogens with two attached hydrogens (primary N) is 1. The second kappa shape index (κ2) is 11.4. The van der Waals surface area contributed by atoms with E-state index in [1.807, 2.05) is 6.92 Å². The van der Waals surface area contributed by atoms with E-state index in [9.17, 15) is 14.0 Å². The molecule has 0 radical (unpaired) electrons. The summed E-state index contributed by atoms with van der Waals surface area (Å²) >= 11 is 0. The Morgan fingerprint density at radius 1 is 1.22 bits per heavy atom. The number of carbonyl (C=O) groups excluding carboxylic acids is 2. The number of hydrogen-bond donors (Lipinski definition) is 3. The van der Waals surface area contributed by atoms with Crippen molar-refractivity contribution >= 4 is 23.6 Å². The third-order valence-electron chi connectivity index (χ3n) is 6.42. The Hall–Kier alpha value is -4.68. The second-order valence-corrected chi connectivity index (χ2v) is 10.5. The average molecular weight is 567 g/mol. The zero-order valence-corrected chi connectivity index (χ0v) is 24.2. The first kappa shape index (κ1) is 29.3. The molecular formula is C28H35FN8O4. The maximum Gasteiger partial charge on any atom is 0.408 e. The van der Waals surface area contributed by atoms with Crippen molar-refractivity contribution in [2.24, 2.45) is 12.8 Å². The van der Waals surface area contributed by atoms with E-state index in [0.717, 1.165) is 5.56 Å². The maximum atomic E-state index is 14.9. The van der Waals surface area contributed by atoms with Gasteiger partial charge in [0.15, 0.2) is 11.3 Å². The van der Waals surface area contributed by atoms with Gasteiger partial charge in [-0.15, -0.1) is 0 Å². The van der Waals surface area contributed by atoms with Gasteiger partial charge in [-0.2, -0.15) is 5.10 Å². The Kier molecular flexibility index (Phi) is 8.17. The van der Waals surface area contributed by atoms with Crippen molar-refractivity contribution in [2.45, 2.75) is 59.2 Å².